The van der Waals surface area contributed by atoms with Crippen LogP contribution in [0.4, 0.5) is 0 Å². The van der Waals surface area contributed by atoms with Crippen molar-refractivity contribution >= 4 is 5.84 Å². The summed E-state index contributed by atoms with van der Waals surface area (Å²) in [5.41, 5.74) is 7.55. The summed E-state index contributed by atoms with van der Waals surface area (Å²) >= 11 is 0. The zero-order chi connectivity index (χ0) is 12.3. The maximum Gasteiger partial charge on any atom is 0.123 e. The van der Waals surface area contributed by atoms with Gasteiger partial charge in [-0.3, -0.25) is 10.3 Å². The average Bonchev–Trinajstić information content (AvgIpc) is 2.29. The highest BCUT2D eigenvalue weighted by molar-refractivity contribution is 5.96. The highest BCUT2D eigenvalue weighted by atomic mass is 16.5. The molecule has 0 aromatic heterocycles. The molecule has 0 radical (unpaired) electrons. The van der Waals surface area contributed by atoms with Gasteiger partial charge in [-0.25, -0.2) is 0 Å². The fourth-order valence-electron chi connectivity index (χ4n) is 2.20. The number of benzene rings is 1. The Kier molecular flexibility index (Phi) is 3.76. The minimum absolute atomic E-state index is 0.141. The van der Waals surface area contributed by atoms with E-state index in [-0.39, 0.29) is 11.9 Å². The predicted molar refractivity (Wildman–Crippen MR) is 68.1 cm³/mol. The smallest absolute Gasteiger partial charge is 0.123 e. The molecular formula is C13H19N3O. The molecule has 1 atom stereocenters. The molecule has 1 unspecified atom stereocenters. The van der Waals surface area contributed by atoms with Crippen LogP contribution in [-0.4, -0.2) is 36.5 Å². The minimum atomic E-state index is 0.141. The number of hydrogen-bond acceptors (Lipinski definition) is 3. The van der Waals surface area contributed by atoms with Gasteiger partial charge in [0, 0.05) is 25.2 Å². The van der Waals surface area contributed by atoms with E-state index in [0.29, 0.717) is 0 Å². The summed E-state index contributed by atoms with van der Waals surface area (Å²) in [7, 11) is 0. The topological polar surface area (TPSA) is 62.3 Å². The Balaban J connectivity index is 2.10. The van der Waals surface area contributed by atoms with Crippen LogP contribution in [0.25, 0.3) is 0 Å². The number of rotatable bonds is 3. The third-order valence-electron chi connectivity index (χ3n) is 3.03. The normalized spacial score (nSPS) is 21.4. The van der Waals surface area contributed by atoms with E-state index in [9.17, 15) is 0 Å². The van der Waals surface area contributed by atoms with Gasteiger partial charge < -0.3 is 10.5 Å². The largest absolute Gasteiger partial charge is 0.384 e. The fraction of sp³-hybridized carbons (Fsp3) is 0.462. The second kappa shape index (κ2) is 5.29. The number of nitrogens with two attached hydrogens (primary N) is 1. The Morgan fingerprint density at radius 2 is 2.29 bits per heavy atom. The van der Waals surface area contributed by atoms with E-state index < -0.39 is 0 Å². The van der Waals surface area contributed by atoms with Crippen LogP contribution in [-0.2, 0) is 11.3 Å². The van der Waals surface area contributed by atoms with Crippen molar-refractivity contribution in [3.05, 3.63) is 35.4 Å². The van der Waals surface area contributed by atoms with E-state index in [4.69, 9.17) is 15.9 Å². The van der Waals surface area contributed by atoms with Gasteiger partial charge in [0.15, 0.2) is 0 Å². The molecule has 1 aromatic rings. The van der Waals surface area contributed by atoms with Gasteiger partial charge in [0.25, 0.3) is 0 Å². The van der Waals surface area contributed by atoms with E-state index in [1.165, 1.54) is 0 Å². The van der Waals surface area contributed by atoms with Gasteiger partial charge in [0.2, 0.25) is 0 Å². The van der Waals surface area contributed by atoms with Gasteiger partial charge >= 0.3 is 0 Å². The Morgan fingerprint density at radius 3 is 3.00 bits per heavy atom. The monoisotopic (exact) mass is 233 g/mol. The number of ether oxygens (including phenoxy) is 1. The lowest BCUT2D eigenvalue weighted by molar-refractivity contribution is -0.0212. The molecular weight excluding hydrogens is 214 g/mol. The van der Waals surface area contributed by atoms with Crippen LogP contribution in [0.2, 0.25) is 0 Å². The Hall–Kier alpha value is -1.39. The molecule has 0 saturated carbocycles. The minimum Gasteiger partial charge on any atom is -0.384 e. The molecule has 4 heteroatoms. The molecule has 3 N–H and O–H groups in total. The first-order valence-corrected chi connectivity index (χ1v) is 5.93. The highest BCUT2D eigenvalue weighted by Gasteiger charge is 2.17. The zero-order valence-electron chi connectivity index (χ0n) is 10.1. The summed E-state index contributed by atoms with van der Waals surface area (Å²) in [6.07, 6.45) is 0.285. The molecule has 0 amide bonds. The Bertz CT molecular complexity index is 405. The molecule has 1 saturated heterocycles. The first-order valence-electron chi connectivity index (χ1n) is 5.93. The number of morpholine rings is 1. The number of nitrogen functional groups attached to an aromatic ring is 1. The summed E-state index contributed by atoms with van der Waals surface area (Å²) < 4.78 is 5.51. The van der Waals surface area contributed by atoms with Gasteiger partial charge in [0.1, 0.15) is 5.84 Å². The SMILES string of the molecule is CC1CN(Cc2ccccc2C(=N)N)CCO1. The van der Waals surface area contributed by atoms with Gasteiger partial charge in [-0.2, -0.15) is 0 Å². The van der Waals surface area contributed by atoms with Crippen molar-refractivity contribution in [2.45, 2.75) is 19.6 Å². The maximum atomic E-state index is 7.57. The first kappa shape index (κ1) is 12.1. The first-order chi connectivity index (χ1) is 8.16. The molecule has 17 heavy (non-hydrogen) atoms. The third-order valence-corrected chi connectivity index (χ3v) is 3.03. The van der Waals surface area contributed by atoms with Crippen molar-refractivity contribution in [1.82, 2.24) is 4.90 Å². The quantitative estimate of drug-likeness (QED) is 0.609. The zero-order valence-corrected chi connectivity index (χ0v) is 10.1. The number of amidine groups is 1. The molecule has 0 bridgehead atoms. The van der Waals surface area contributed by atoms with Gasteiger partial charge in [0.05, 0.1) is 12.7 Å². The molecule has 0 spiro atoms. The molecule has 2 rings (SSSR count). The van der Waals surface area contributed by atoms with Crippen molar-refractivity contribution in [1.29, 1.82) is 5.41 Å². The molecule has 4 nitrogen and oxygen atoms in total. The number of nitrogens with one attached hydrogen (secondary N) is 1. The summed E-state index contributed by atoms with van der Waals surface area (Å²) in [5.74, 6) is 0.141. The van der Waals surface area contributed by atoms with E-state index in [1.54, 1.807) is 0 Å². The lowest BCUT2D eigenvalue weighted by Crippen LogP contribution is -2.40. The number of nitrogens with zero attached hydrogens (tertiary/aromatic N) is 1. The fourth-order valence-corrected chi connectivity index (χ4v) is 2.20. The van der Waals surface area contributed by atoms with Crippen LogP contribution in [0.3, 0.4) is 0 Å². The lowest BCUT2D eigenvalue weighted by atomic mass is 10.1. The highest BCUT2D eigenvalue weighted by Crippen LogP contribution is 2.13. The van der Waals surface area contributed by atoms with Crippen molar-refractivity contribution in [3.63, 3.8) is 0 Å². The van der Waals surface area contributed by atoms with Crippen LogP contribution < -0.4 is 5.73 Å². The van der Waals surface area contributed by atoms with E-state index in [1.807, 2.05) is 24.3 Å². The van der Waals surface area contributed by atoms with Gasteiger partial charge in [-0.05, 0) is 12.5 Å². The maximum absolute atomic E-state index is 7.57. The molecule has 92 valence electrons. The molecule has 0 aliphatic carbocycles. The van der Waals surface area contributed by atoms with Crippen molar-refractivity contribution in [2.24, 2.45) is 5.73 Å². The van der Waals surface area contributed by atoms with Gasteiger partial charge in [-0.15, -0.1) is 0 Å². The van der Waals surface area contributed by atoms with Gasteiger partial charge in [-0.1, -0.05) is 24.3 Å². The molecule has 1 aromatic carbocycles. The second-order valence-electron chi connectivity index (χ2n) is 4.49. The Labute approximate surface area is 102 Å². The molecule has 1 heterocycles. The Morgan fingerprint density at radius 1 is 1.53 bits per heavy atom. The third kappa shape index (κ3) is 3.05. The summed E-state index contributed by atoms with van der Waals surface area (Å²) in [5, 5.41) is 7.57. The molecule has 1 fully saturated rings. The van der Waals surface area contributed by atoms with Crippen LogP contribution in [0.5, 0.6) is 0 Å². The summed E-state index contributed by atoms with van der Waals surface area (Å²) in [4.78, 5) is 2.34. The summed E-state index contributed by atoms with van der Waals surface area (Å²) in [6, 6.07) is 7.85. The van der Waals surface area contributed by atoms with Crippen molar-refractivity contribution in [2.75, 3.05) is 19.7 Å². The summed E-state index contributed by atoms with van der Waals surface area (Å²) in [6.45, 7) is 5.58. The van der Waals surface area contributed by atoms with E-state index in [2.05, 4.69) is 11.8 Å². The van der Waals surface area contributed by atoms with E-state index in [0.717, 1.165) is 37.4 Å². The lowest BCUT2D eigenvalue weighted by Gasteiger charge is -2.31. The average molecular weight is 233 g/mol. The van der Waals surface area contributed by atoms with Crippen molar-refractivity contribution < 1.29 is 4.74 Å². The second-order valence-corrected chi connectivity index (χ2v) is 4.49. The van der Waals surface area contributed by atoms with Crippen LogP contribution in [0.1, 0.15) is 18.1 Å². The van der Waals surface area contributed by atoms with Crippen molar-refractivity contribution in [3.8, 4) is 0 Å². The number of hydrogen-bond donors (Lipinski definition) is 2. The van der Waals surface area contributed by atoms with E-state index >= 15 is 0 Å². The van der Waals surface area contributed by atoms with Crippen LogP contribution in [0, 0.1) is 5.41 Å². The molecule has 1 aliphatic rings. The standard InChI is InChI=1S/C13H19N3O/c1-10-8-16(6-7-17-10)9-11-4-2-3-5-12(11)13(14)15/h2-5,10H,6-9H2,1H3,(H3,14,15). The van der Waals surface area contributed by atoms with Crippen LogP contribution in [0.15, 0.2) is 24.3 Å². The molecule has 1 aliphatic heterocycles. The predicted octanol–water partition coefficient (Wildman–Crippen LogP) is 1.19. The van der Waals surface area contributed by atoms with Crippen LogP contribution >= 0.6 is 0 Å².